The van der Waals surface area contributed by atoms with Crippen molar-refractivity contribution in [1.82, 2.24) is 4.72 Å². The molecular formula is C17H15BrClNO6S. The average Bonchev–Trinajstić information content (AvgIpc) is 2.64. The van der Waals surface area contributed by atoms with Gasteiger partial charge in [0.25, 0.3) is 0 Å². The van der Waals surface area contributed by atoms with Gasteiger partial charge in [0.15, 0.2) is 6.79 Å². The molecule has 1 aliphatic heterocycles. The van der Waals surface area contributed by atoms with Gasteiger partial charge in [0.05, 0.1) is 11.5 Å². The van der Waals surface area contributed by atoms with Gasteiger partial charge in [-0.2, -0.15) is 4.72 Å². The number of hydrogen-bond donors (Lipinski definition) is 1. The lowest BCUT2D eigenvalue weighted by molar-refractivity contribution is -0.143. The minimum atomic E-state index is -3.83. The number of rotatable bonds is 6. The van der Waals surface area contributed by atoms with Crippen molar-refractivity contribution in [1.29, 1.82) is 0 Å². The van der Waals surface area contributed by atoms with Crippen LogP contribution in [0.3, 0.4) is 0 Å². The van der Waals surface area contributed by atoms with Crippen LogP contribution in [0.15, 0.2) is 45.8 Å². The lowest BCUT2D eigenvalue weighted by Crippen LogP contribution is -2.30. The summed E-state index contributed by atoms with van der Waals surface area (Å²) >= 11 is 9.26. The number of ether oxygens (including phenoxy) is 3. The zero-order chi connectivity index (χ0) is 19.4. The molecule has 1 aliphatic rings. The maximum absolute atomic E-state index is 12.2. The predicted octanol–water partition coefficient (Wildman–Crippen LogP) is 2.99. The predicted molar refractivity (Wildman–Crippen MR) is 101 cm³/mol. The first kappa shape index (κ1) is 20.1. The summed E-state index contributed by atoms with van der Waals surface area (Å²) in [6, 6.07) is 9.49. The molecule has 144 valence electrons. The Morgan fingerprint density at radius 3 is 2.89 bits per heavy atom. The molecule has 2 aromatic carbocycles. The Labute approximate surface area is 169 Å². The zero-order valence-corrected chi connectivity index (χ0v) is 17.1. The van der Waals surface area contributed by atoms with E-state index in [4.69, 9.17) is 25.8 Å². The Kier molecular flexibility index (Phi) is 6.38. The number of carbonyl (C=O) groups excluding carboxylic acids is 1. The summed E-state index contributed by atoms with van der Waals surface area (Å²) in [5.41, 5.74) is 1.35. The van der Waals surface area contributed by atoms with E-state index in [2.05, 4.69) is 20.7 Å². The van der Waals surface area contributed by atoms with Crippen LogP contribution in [0.4, 0.5) is 0 Å². The first-order valence-corrected chi connectivity index (χ1v) is 10.4. The summed E-state index contributed by atoms with van der Waals surface area (Å²) in [4.78, 5) is 12.0. The zero-order valence-electron chi connectivity index (χ0n) is 13.9. The lowest BCUT2D eigenvalue weighted by atomic mass is 10.1. The molecule has 0 fully saturated rings. The van der Waals surface area contributed by atoms with Crippen LogP contribution in [-0.2, 0) is 37.5 Å². The van der Waals surface area contributed by atoms with Crippen molar-refractivity contribution >= 4 is 43.5 Å². The Bertz CT molecular complexity index is 966. The summed E-state index contributed by atoms with van der Waals surface area (Å²) in [7, 11) is -3.83. The van der Waals surface area contributed by atoms with Gasteiger partial charge in [-0.25, -0.2) is 8.42 Å². The number of fused-ring (bicyclic) bond motifs is 1. The second-order valence-corrected chi connectivity index (χ2v) is 8.73. The molecule has 7 nitrogen and oxygen atoms in total. The van der Waals surface area contributed by atoms with Crippen LogP contribution in [0.5, 0.6) is 5.75 Å². The maximum Gasteiger partial charge on any atom is 0.321 e. The van der Waals surface area contributed by atoms with Gasteiger partial charge in [0, 0.05) is 20.6 Å². The molecule has 0 spiro atoms. The molecule has 2 aromatic rings. The highest BCUT2D eigenvalue weighted by Gasteiger charge is 2.19. The molecule has 0 saturated carbocycles. The molecule has 0 saturated heterocycles. The largest absolute Gasteiger partial charge is 0.467 e. The number of benzene rings is 2. The number of carbonyl (C=O) groups is 1. The van der Waals surface area contributed by atoms with E-state index in [0.29, 0.717) is 27.4 Å². The smallest absolute Gasteiger partial charge is 0.321 e. The standard InChI is InChI=1S/C17H15BrClNO6S/c18-13-2-1-3-15(6-13)27(22,23)20-7-16(21)25-9-12-5-14(19)4-11-8-24-10-26-17(11)12/h1-6,20H,7-10H2. The van der Waals surface area contributed by atoms with Crippen LogP contribution in [-0.4, -0.2) is 27.7 Å². The van der Waals surface area contributed by atoms with Crippen molar-refractivity contribution in [2.24, 2.45) is 0 Å². The first-order chi connectivity index (χ1) is 12.8. The van der Waals surface area contributed by atoms with E-state index in [1.807, 2.05) is 0 Å². The normalized spacial score (nSPS) is 13.6. The third-order valence-electron chi connectivity index (χ3n) is 3.65. The SMILES string of the molecule is O=C(CNS(=O)(=O)c1cccc(Br)c1)OCc1cc(Cl)cc2c1OCOC2. The van der Waals surface area contributed by atoms with Crippen LogP contribution in [0.2, 0.25) is 5.02 Å². The minimum absolute atomic E-state index is 0.0435. The van der Waals surface area contributed by atoms with Crippen LogP contribution in [0.1, 0.15) is 11.1 Å². The van der Waals surface area contributed by atoms with Crippen LogP contribution >= 0.6 is 27.5 Å². The maximum atomic E-state index is 12.2. The quantitative estimate of drug-likeness (QED) is 0.645. The van der Waals surface area contributed by atoms with E-state index in [9.17, 15) is 13.2 Å². The fourth-order valence-electron chi connectivity index (χ4n) is 2.44. The Morgan fingerprint density at radius 2 is 2.11 bits per heavy atom. The minimum Gasteiger partial charge on any atom is -0.467 e. The second kappa shape index (κ2) is 8.57. The van der Waals surface area contributed by atoms with Crippen LogP contribution in [0, 0.1) is 0 Å². The van der Waals surface area contributed by atoms with Gasteiger partial charge in [0.1, 0.15) is 18.9 Å². The summed E-state index contributed by atoms with van der Waals surface area (Å²) in [5.74, 6) is -0.164. The molecular weight excluding hydrogens is 462 g/mol. The van der Waals surface area contributed by atoms with E-state index in [0.717, 1.165) is 5.56 Å². The average molecular weight is 477 g/mol. The van der Waals surface area contributed by atoms with Crippen LogP contribution in [0.25, 0.3) is 0 Å². The summed E-state index contributed by atoms with van der Waals surface area (Å²) in [5, 5.41) is 0.462. The molecule has 0 radical (unpaired) electrons. The van der Waals surface area contributed by atoms with Gasteiger partial charge in [0.2, 0.25) is 10.0 Å². The van der Waals surface area contributed by atoms with Gasteiger partial charge in [-0.3, -0.25) is 4.79 Å². The highest BCUT2D eigenvalue weighted by molar-refractivity contribution is 9.10. The molecule has 0 unspecified atom stereocenters. The van der Waals surface area contributed by atoms with Gasteiger partial charge in [-0.05, 0) is 30.3 Å². The molecule has 0 aliphatic carbocycles. The number of sulfonamides is 1. The molecule has 0 bridgehead atoms. The fourth-order valence-corrected chi connectivity index (χ4v) is 4.27. The van der Waals surface area contributed by atoms with E-state index < -0.39 is 22.5 Å². The van der Waals surface area contributed by atoms with Gasteiger partial charge >= 0.3 is 5.97 Å². The topological polar surface area (TPSA) is 90.9 Å². The van der Waals surface area contributed by atoms with Gasteiger partial charge in [-0.15, -0.1) is 0 Å². The monoisotopic (exact) mass is 475 g/mol. The van der Waals surface area contributed by atoms with E-state index in [-0.39, 0.29) is 18.3 Å². The summed E-state index contributed by atoms with van der Waals surface area (Å²) < 4.78 is 43.0. The van der Waals surface area contributed by atoms with Crippen molar-refractivity contribution in [2.75, 3.05) is 13.3 Å². The Morgan fingerprint density at radius 1 is 1.30 bits per heavy atom. The van der Waals surface area contributed by atoms with E-state index >= 15 is 0 Å². The summed E-state index contributed by atoms with van der Waals surface area (Å²) in [6.07, 6.45) is 0. The molecule has 1 heterocycles. The molecule has 0 atom stereocenters. The van der Waals surface area contributed by atoms with Crippen molar-refractivity contribution in [3.05, 3.63) is 57.0 Å². The van der Waals surface area contributed by atoms with Crippen molar-refractivity contribution in [3.8, 4) is 5.75 Å². The third kappa shape index (κ3) is 5.20. The van der Waals surface area contributed by atoms with Crippen molar-refractivity contribution < 1.29 is 27.4 Å². The second-order valence-electron chi connectivity index (χ2n) is 5.61. The molecule has 0 aromatic heterocycles. The van der Waals surface area contributed by atoms with Gasteiger partial charge in [-0.1, -0.05) is 33.6 Å². The van der Waals surface area contributed by atoms with E-state index in [1.165, 1.54) is 12.1 Å². The van der Waals surface area contributed by atoms with Crippen molar-refractivity contribution in [3.63, 3.8) is 0 Å². The number of hydrogen-bond acceptors (Lipinski definition) is 6. The molecule has 1 N–H and O–H groups in total. The highest BCUT2D eigenvalue weighted by atomic mass is 79.9. The number of nitrogens with one attached hydrogen (secondary N) is 1. The molecule has 10 heteroatoms. The van der Waals surface area contributed by atoms with E-state index in [1.54, 1.807) is 24.3 Å². The van der Waals surface area contributed by atoms with Gasteiger partial charge < -0.3 is 14.2 Å². The molecule has 27 heavy (non-hydrogen) atoms. The first-order valence-electron chi connectivity index (χ1n) is 7.78. The molecule has 3 rings (SSSR count). The lowest BCUT2D eigenvalue weighted by Gasteiger charge is -2.21. The number of esters is 1. The fraction of sp³-hybridized carbons (Fsp3) is 0.235. The van der Waals surface area contributed by atoms with Crippen LogP contribution < -0.4 is 9.46 Å². The highest BCUT2D eigenvalue weighted by Crippen LogP contribution is 2.32. The van der Waals surface area contributed by atoms with Crippen molar-refractivity contribution in [2.45, 2.75) is 18.1 Å². The summed E-state index contributed by atoms with van der Waals surface area (Å²) in [6.45, 7) is -0.146. The molecule has 0 amide bonds. The third-order valence-corrected chi connectivity index (χ3v) is 5.76. The Balaban J connectivity index is 1.60. The Hall–Kier alpha value is -1.65. The number of halogens is 2.